The number of hydrazone groups is 1. The minimum atomic E-state index is -0.182. The van der Waals surface area contributed by atoms with Gasteiger partial charge < -0.3 is 25.1 Å². The molecule has 1 aliphatic heterocycles. The first-order valence-electron chi connectivity index (χ1n) is 12.5. The summed E-state index contributed by atoms with van der Waals surface area (Å²) in [4.78, 5) is 28.2. The quantitative estimate of drug-likeness (QED) is 0.158. The Morgan fingerprint density at radius 3 is 2.49 bits per heavy atom. The number of methoxy groups -OCH3 is 1. The standard InChI is InChI=1S/C29H36N4O4S2/c1-20(17-36-5)27(39-21(2)22-9-7-6-8-10-22)18-37-24-13-11-23(12-14-24)28(35)31-26-16-33(4)15-25(26)29(32-30-3)38-19-34/h6-14,19,25-26,30H,2,15-18H2,1,3-5H3,(H,31,35)/b27-20+,32-29-. The van der Waals surface area contributed by atoms with Gasteiger partial charge in [0.15, 0.2) is 5.62 Å². The molecule has 2 aromatic carbocycles. The number of likely N-dealkylation sites (N-methyl/N-ethyl adjacent to an activating group) is 1. The number of thioether (sulfide) groups is 2. The number of nitrogens with one attached hydrogen (secondary N) is 2. The highest BCUT2D eigenvalue weighted by Crippen LogP contribution is 2.34. The molecule has 8 nitrogen and oxygen atoms in total. The van der Waals surface area contributed by atoms with E-state index in [2.05, 4.69) is 27.3 Å². The number of ether oxygens (including phenoxy) is 2. The van der Waals surface area contributed by atoms with E-state index in [1.165, 1.54) is 0 Å². The van der Waals surface area contributed by atoms with Gasteiger partial charge in [0.05, 0.1) is 12.6 Å². The van der Waals surface area contributed by atoms with Crippen molar-refractivity contribution in [2.45, 2.75) is 13.0 Å². The number of nitrogens with zero attached hydrogens (tertiary/aromatic N) is 2. The number of carbonyl (C=O) groups is 2. The monoisotopic (exact) mass is 568 g/mol. The average molecular weight is 569 g/mol. The molecule has 3 rings (SSSR count). The smallest absolute Gasteiger partial charge is 0.251 e. The Labute approximate surface area is 239 Å². The number of hydrogen-bond acceptors (Lipinski definition) is 9. The van der Waals surface area contributed by atoms with Crippen molar-refractivity contribution in [2.75, 3.05) is 47.5 Å². The van der Waals surface area contributed by atoms with Crippen molar-refractivity contribution >= 4 is 45.0 Å². The minimum Gasteiger partial charge on any atom is -0.488 e. The van der Waals surface area contributed by atoms with Crippen LogP contribution in [0.4, 0.5) is 0 Å². The predicted octanol–water partition coefficient (Wildman–Crippen LogP) is 4.51. The summed E-state index contributed by atoms with van der Waals surface area (Å²) in [5, 5.41) is 8.02. The summed E-state index contributed by atoms with van der Waals surface area (Å²) in [7, 11) is 5.35. The average Bonchev–Trinajstić information content (AvgIpc) is 3.31. The molecule has 208 valence electrons. The van der Waals surface area contributed by atoms with E-state index >= 15 is 0 Å². The largest absolute Gasteiger partial charge is 0.488 e. The van der Waals surface area contributed by atoms with E-state index in [0.29, 0.717) is 42.7 Å². The summed E-state index contributed by atoms with van der Waals surface area (Å²) in [5.74, 6) is 0.399. The topological polar surface area (TPSA) is 92.3 Å². The van der Waals surface area contributed by atoms with Gasteiger partial charge in [0.25, 0.3) is 5.91 Å². The van der Waals surface area contributed by atoms with Crippen molar-refractivity contribution in [1.29, 1.82) is 0 Å². The van der Waals surface area contributed by atoms with Crippen LogP contribution in [-0.2, 0) is 9.53 Å². The van der Waals surface area contributed by atoms with Crippen LogP contribution < -0.4 is 15.5 Å². The summed E-state index contributed by atoms with van der Waals surface area (Å²) in [6.07, 6.45) is 0. The zero-order valence-corrected chi connectivity index (χ0v) is 24.4. The Morgan fingerprint density at radius 1 is 1.13 bits per heavy atom. The first kappa shape index (κ1) is 30.5. The molecule has 1 saturated heterocycles. The molecule has 0 aliphatic carbocycles. The third kappa shape index (κ3) is 8.99. The first-order chi connectivity index (χ1) is 18.9. The van der Waals surface area contributed by atoms with E-state index in [-0.39, 0.29) is 17.9 Å². The van der Waals surface area contributed by atoms with Crippen LogP contribution in [0.15, 0.2) is 76.8 Å². The molecule has 0 saturated carbocycles. The van der Waals surface area contributed by atoms with Gasteiger partial charge in [0.1, 0.15) is 17.4 Å². The lowest BCUT2D eigenvalue weighted by molar-refractivity contribution is 0.0935. The van der Waals surface area contributed by atoms with E-state index in [1.807, 2.05) is 44.3 Å². The van der Waals surface area contributed by atoms with E-state index in [9.17, 15) is 9.59 Å². The van der Waals surface area contributed by atoms with Crippen LogP contribution in [0, 0.1) is 5.92 Å². The summed E-state index contributed by atoms with van der Waals surface area (Å²) in [6.45, 7) is 8.48. The zero-order chi connectivity index (χ0) is 28.2. The number of amides is 1. The summed E-state index contributed by atoms with van der Waals surface area (Å²) in [5.41, 5.74) is 6.18. The molecule has 1 aliphatic rings. The van der Waals surface area contributed by atoms with Gasteiger partial charge in [0, 0.05) is 48.5 Å². The number of carbonyl (C=O) groups excluding carboxylic acids is 2. The first-order valence-corrected chi connectivity index (χ1v) is 14.2. The third-order valence-corrected chi connectivity index (χ3v) is 8.12. The van der Waals surface area contributed by atoms with Gasteiger partial charge in [-0.3, -0.25) is 9.59 Å². The Kier molecular flexibility index (Phi) is 12.1. The van der Waals surface area contributed by atoms with Gasteiger partial charge in [-0.1, -0.05) is 48.7 Å². The minimum absolute atomic E-state index is 0.0760. The lowest BCUT2D eigenvalue weighted by Crippen LogP contribution is -2.42. The molecule has 1 fully saturated rings. The molecule has 1 amide bonds. The number of rotatable bonds is 13. The summed E-state index contributed by atoms with van der Waals surface area (Å²) < 4.78 is 11.4. The maximum atomic E-state index is 13.0. The lowest BCUT2D eigenvalue weighted by atomic mass is 10.0. The maximum Gasteiger partial charge on any atom is 0.251 e. The van der Waals surface area contributed by atoms with Crippen LogP contribution in [0.5, 0.6) is 5.75 Å². The zero-order valence-electron chi connectivity index (χ0n) is 22.8. The fourth-order valence-corrected chi connectivity index (χ4v) is 5.78. The number of hydrogen-bond donors (Lipinski definition) is 2. The Bertz CT molecular complexity index is 1190. The predicted molar refractivity (Wildman–Crippen MR) is 163 cm³/mol. The van der Waals surface area contributed by atoms with Gasteiger partial charge in [-0.25, -0.2) is 0 Å². The van der Waals surface area contributed by atoms with Gasteiger partial charge in [-0.15, -0.1) is 0 Å². The molecule has 0 bridgehead atoms. The summed E-state index contributed by atoms with van der Waals surface area (Å²) >= 11 is 2.61. The van der Waals surface area contributed by atoms with Gasteiger partial charge in [-0.05, 0) is 61.1 Å². The van der Waals surface area contributed by atoms with Gasteiger partial charge in [-0.2, -0.15) is 5.10 Å². The van der Waals surface area contributed by atoms with Crippen molar-refractivity contribution in [3.63, 3.8) is 0 Å². The summed E-state index contributed by atoms with van der Waals surface area (Å²) in [6, 6.07) is 17.0. The van der Waals surface area contributed by atoms with Crippen LogP contribution in [-0.4, -0.2) is 75.0 Å². The number of benzene rings is 2. The molecule has 39 heavy (non-hydrogen) atoms. The molecular formula is C29H36N4O4S2. The SMILES string of the molecule is C=C(S/C(COc1ccc(C(=O)NC2CN(C)CC2/C(=N/NC)SC=O)cc1)=C(\C)COC)c1ccccc1. The molecule has 2 unspecified atom stereocenters. The lowest BCUT2D eigenvalue weighted by Gasteiger charge is -2.20. The number of likely N-dealkylation sites (tertiary alicyclic amines) is 1. The van der Waals surface area contributed by atoms with Crippen molar-refractivity contribution in [1.82, 2.24) is 15.6 Å². The van der Waals surface area contributed by atoms with Crippen LogP contribution >= 0.6 is 23.5 Å². The fourth-order valence-electron chi connectivity index (χ4n) is 4.22. The molecule has 2 atom stereocenters. The Hall–Kier alpha value is -3.05. The molecule has 10 heteroatoms. The second-order valence-electron chi connectivity index (χ2n) is 9.14. The fraction of sp³-hybridized carbons (Fsp3) is 0.345. The van der Waals surface area contributed by atoms with Crippen molar-refractivity contribution in [3.8, 4) is 5.75 Å². The van der Waals surface area contributed by atoms with Crippen molar-refractivity contribution < 1.29 is 19.1 Å². The normalized spacial score (nSPS) is 18.3. The van der Waals surface area contributed by atoms with Crippen LogP contribution in [0.3, 0.4) is 0 Å². The van der Waals surface area contributed by atoms with Gasteiger partial charge in [0.2, 0.25) is 0 Å². The van der Waals surface area contributed by atoms with Crippen LogP contribution in [0.25, 0.3) is 4.91 Å². The van der Waals surface area contributed by atoms with Gasteiger partial charge >= 0.3 is 0 Å². The maximum absolute atomic E-state index is 13.0. The molecule has 2 aromatic rings. The molecule has 1 heterocycles. The van der Waals surface area contributed by atoms with Crippen LogP contribution in [0.1, 0.15) is 22.8 Å². The Balaban J connectivity index is 1.64. The molecule has 0 radical (unpaired) electrons. The van der Waals surface area contributed by atoms with E-state index in [1.54, 1.807) is 50.2 Å². The third-order valence-electron chi connectivity index (χ3n) is 6.19. The second-order valence-corrected chi connectivity index (χ2v) is 11.2. The van der Waals surface area contributed by atoms with E-state index in [0.717, 1.165) is 38.3 Å². The highest BCUT2D eigenvalue weighted by molar-refractivity contribution is 8.24. The molecule has 2 N–H and O–H groups in total. The highest BCUT2D eigenvalue weighted by atomic mass is 32.2. The Morgan fingerprint density at radius 2 is 1.85 bits per heavy atom. The molecular weight excluding hydrogens is 532 g/mol. The van der Waals surface area contributed by atoms with Crippen LogP contribution in [0.2, 0.25) is 0 Å². The van der Waals surface area contributed by atoms with Crippen molar-refractivity contribution in [2.24, 2.45) is 11.0 Å². The second kappa shape index (κ2) is 15.5. The molecule has 0 aromatic heterocycles. The van der Waals surface area contributed by atoms with E-state index < -0.39 is 0 Å². The van der Waals surface area contributed by atoms with Crippen molar-refractivity contribution in [3.05, 3.63) is 82.8 Å². The van der Waals surface area contributed by atoms with E-state index in [4.69, 9.17) is 9.47 Å². The highest BCUT2D eigenvalue weighted by Gasteiger charge is 2.36. The molecule has 0 spiro atoms.